The molecule has 0 saturated carbocycles. The van der Waals surface area contributed by atoms with Crippen LogP contribution in [0.15, 0.2) is 36.5 Å². The molecular weight excluding hydrogens is 244 g/mol. The van der Waals surface area contributed by atoms with Crippen molar-refractivity contribution in [2.24, 2.45) is 0 Å². The lowest BCUT2D eigenvalue weighted by molar-refractivity contribution is 0.745. The number of halogens is 1. The van der Waals surface area contributed by atoms with Gasteiger partial charge in [0.05, 0.1) is 11.7 Å². The van der Waals surface area contributed by atoms with E-state index in [1.54, 1.807) is 0 Å². The molecule has 0 radical (unpaired) electrons. The standard InChI is InChI=1S/C15H15ClN2/c1-10-4-6-12(16)9-14(10)18-13-7-5-11-3-2-8-17-15(11)13/h2-4,6,8-9,13,18H,5,7H2,1H3. The van der Waals surface area contributed by atoms with Gasteiger partial charge < -0.3 is 5.32 Å². The summed E-state index contributed by atoms with van der Waals surface area (Å²) in [5.74, 6) is 0. The molecule has 18 heavy (non-hydrogen) atoms. The number of aromatic nitrogens is 1. The third-order valence-electron chi connectivity index (χ3n) is 3.49. The highest BCUT2D eigenvalue weighted by atomic mass is 35.5. The predicted molar refractivity (Wildman–Crippen MR) is 75.1 cm³/mol. The van der Waals surface area contributed by atoms with Gasteiger partial charge >= 0.3 is 0 Å². The molecule has 3 rings (SSSR count). The van der Waals surface area contributed by atoms with Gasteiger partial charge in [0.15, 0.2) is 0 Å². The van der Waals surface area contributed by atoms with Crippen LogP contribution in [0.25, 0.3) is 0 Å². The monoisotopic (exact) mass is 258 g/mol. The number of anilines is 1. The molecule has 0 fully saturated rings. The van der Waals surface area contributed by atoms with Crippen LogP contribution in [-0.4, -0.2) is 4.98 Å². The van der Waals surface area contributed by atoms with Crippen LogP contribution in [0.2, 0.25) is 5.02 Å². The molecule has 0 spiro atoms. The number of rotatable bonds is 2. The largest absolute Gasteiger partial charge is 0.376 e. The van der Waals surface area contributed by atoms with E-state index in [0.717, 1.165) is 23.6 Å². The maximum absolute atomic E-state index is 6.05. The van der Waals surface area contributed by atoms with Crippen molar-refractivity contribution in [3.05, 3.63) is 58.4 Å². The Morgan fingerprint density at radius 1 is 1.33 bits per heavy atom. The number of hydrogen-bond acceptors (Lipinski definition) is 2. The molecule has 0 bridgehead atoms. The van der Waals surface area contributed by atoms with Crippen molar-refractivity contribution in [1.82, 2.24) is 4.98 Å². The van der Waals surface area contributed by atoms with Crippen molar-refractivity contribution in [2.75, 3.05) is 5.32 Å². The highest BCUT2D eigenvalue weighted by molar-refractivity contribution is 6.30. The number of fused-ring (bicyclic) bond motifs is 1. The Balaban J connectivity index is 1.88. The van der Waals surface area contributed by atoms with Gasteiger partial charge in [-0.2, -0.15) is 0 Å². The quantitative estimate of drug-likeness (QED) is 0.876. The maximum Gasteiger partial charge on any atom is 0.0691 e. The Bertz CT molecular complexity index is 580. The van der Waals surface area contributed by atoms with Gasteiger partial charge in [-0.05, 0) is 49.1 Å². The predicted octanol–water partition coefficient (Wildman–Crippen LogP) is 4.14. The van der Waals surface area contributed by atoms with E-state index < -0.39 is 0 Å². The molecule has 2 aromatic rings. The summed E-state index contributed by atoms with van der Waals surface area (Å²) in [7, 11) is 0. The molecule has 0 saturated heterocycles. The molecule has 1 heterocycles. The second-order valence-electron chi connectivity index (χ2n) is 4.74. The van der Waals surface area contributed by atoms with Gasteiger partial charge in [-0.15, -0.1) is 0 Å². The van der Waals surface area contributed by atoms with E-state index in [4.69, 9.17) is 11.6 Å². The van der Waals surface area contributed by atoms with Crippen LogP contribution in [0.1, 0.15) is 29.3 Å². The Morgan fingerprint density at radius 3 is 3.11 bits per heavy atom. The third-order valence-corrected chi connectivity index (χ3v) is 3.72. The van der Waals surface area contributed by atoms with Crippen LogP contribution in [0, 0.1) is 6.92 Å². The summed E-state index contributed by atoms with van der Waals surface area (Å²) in [6, 6.07) is 10.4. The van der Waals surface area contributed by atoms with E-state index >= 15 is 0 Å². The van der Waals surface area contributed by atoms with Crippen molar-refractivity contribution >= 4 is 17.3 Å². The average molecular weight is 259 g/mol. The molecule has 1 aromatic carbocycles. The maximum atomic E-state index is 6.05. The van der Waals surface area contributed by atoms with Crippen LogP contribution in [0.5, 0.6) is 0 Å². The minimum atomic E-state index is 0.304. The lowest BCUT2D eigenvalue weighted by Gasteiger charge is -2.16. The third kappa shape index (κ3) is 2.08. The van der Waals surface area contributed by atoms with Gasteiger partial charge in [-0.3, -0.25) is 4.98 Å². The first kappa shape index (κ1) is 11.5. The molecule has 3 heteroatoms. The van der Waals surface area contributed by atoms with Gasteiger partial charge in [0, 0.05) is 16.9 Å². The highest BCUT2D eigenvalue weighted by Crippen LogP contribution is 2.33. The van der Waals surface area contributed by atoms with E-state index in [-0.39, 0.29) is 0 Å². The normalized spacial score (nSPS) is 17.6. The van der Waals surface area contributed by atoms with Crippen LogP contribution in [0.3, 0.4) is 0 Å². The number of nitrogens with one attached hydrogen (secondary N) is 1. The summed E-state index contributed by atoms with van der Waals surface area (Å²) in [4.78, 5) is 4.49. The lowest BCUT2D eigenvalue weighted by atomic mass is 10.1. The SMILES string of the molecule is Cc1ccc(Cl)cc1NC1CCc2cccnc21. The second-order valence-corrected chi connectivity index (χ2v) is 5.18. The van der Waals surface area contributed by atoms with Crippen molar-refractivity contribution in [3.8, 4) is 0 Å². The van der Waals surface area contributed by atoms with Crippen molar-refractivity contribution in [2.45, 2.75) is 25.8 Å². The lowest BCUT2D eigenvalue weighted by Crippen LogP contribution is -2.09. The molecule has 0 amide bonds. The summed E-state index contributed by atoms with van der Waals surface area (Å²) in [5, 5.41) is 4.33. The number of hydrogen-bond donors (Lipinski definition) is 1. The summed E-state index contributed by atoms with van der Waals surface area (Å²) >= 11 is 6.05. The minimum absolute atomic E-state index is 0.304. The van der Waals surface area contributed by atoms with Crippen LogP contribution in [-0.2, 0) is 6.42 Å². The van der Waals surface area contributed by atoms with Crippen molar-refractivity contribution < 1.29 is 0 Å². The number of benzene rings is 1. The molecule has 1 aromatic heterocycles. The Hall–Kier alpha value is -1.54. The first-order valence-electron chi connectivity index (χ1n) is 6.20. The molecular formula is C15H15ClN2. The van der Waals surface area contributed by atoms with Crippen LogP contribution in [0.4, 0.5) is 5.69 Å². The van der Waals surface area contributed by atoms with E-state index in [0.29, 0.717) is 6.04 Å². The van der Waals surface area contributed by atoms with Gasteiger partial charge in [0.25, 0.3) is 0 Å². The molecule has 1 atom stereocenters. The highest BCUT2D eigenvalue weighted by Gasteiger charge is 2.23. The number of nitrogens with zero attached hydrogens (tertiary/aromatic N) is 1. The topological polar surface area (TPSA) is 24.9 Å². The first-order chi connectivity index (χ1) is 8.74. The summed E-state index contributed by atoms with van der Waals surface area (Å²) in [6.45, 7) is 2.09. The van der Waals surface area contributed by atoms with Crippen LogP contribution >= 0.6 is 11.6 Å². The first-order valence-corrected chi connectivity index (χ1v) is 6.58. The average Bonchev–Trinajstić information content (AvgIpc) is 2.78. The molecule has 1 aliphatic rings. The van der Waals surface area contributed by atoms with Gasteiger partial charge in [-0.25, -0.2) is 0 Å². The fourth-order valence-corrected chi connectivity index (χ4v) is 2.66. The zero-order chi connectivity index (χ0) is 12.5. The molecule has 0 aliphatic heterocycles. The Kier molecular flexibility index (Phi) is 2.96. The van der Waals surface area contributed by atoms with Gasteiger partial charge in [-0.1, -0.05) is 23.7 Å². The summed E-state index contributed by atoms with van der Waals surface area (Å²) < 4.78 is 0. The molecule has 2 nitrogen and oxygen atoms in total. The molecule has 1 N–H and O–H groups in total. The summed E-state index contributed by atoms with van der Waals surface area (Å²) in [6.07, 6.45) is 4.06. The molecule has 1 aliphatic carbocycles. The Labute approximate surface area is 112 Å². The summed E-state index contributed by atoms with van der Waals surface area (Å²) in [5.41, 5.74) is 4.85. The van der Waals surface area contributed by atoms with Crippen molar-refractivity contribution in [3.63, 3.8) is 0 Å². The van der Waals surface area contributed by atoms with Crippen molar-refractivity contribution in [1.29, 1.82) is 0 Å². The smallest absolute Gasteiger partial charge is 0.0691 e. The Morgan fingerprint density at radius 2 is 2.22 bits per heavy atom. The fraction of sp³-hybridized carbons (Fsp3) is 0.267. The van der Waals surface area contributed by atoms with Gasteiger partial charge in [0.2, 0.25) is 0 Å². The van der Waals surface area contributed by atoms with E-state index in [2.05, 4.69) is 23.3 Å². The molecule has 92 valence electrons. The molecule has 1 unspecified atom stereocenters. The van der Waals surface area contributed by atoms with Crippen LogP contribution < -0.4 is 5.32 Å². The zero-order valence-electron chi connectivity index (χ0n) is 10.3. The van der Waals surface area contributed by atoms with E-state index in [1.165, 1.54) is 16.8 Å². The second kappa shape index (κ2) is 4.62. The van der Waals surface area contributed by atoms with Gasteiger partial charge in [0.1, 0.15) is 0 Å². The van der Waals surface area contributed by atoms with E-state index in [9.17, 15) is 0 Å². The van der Waals surface area contributed by atoms with E-state index in [1.807, 2.05) is 30.5 Å². The zero-order valence-corrected chi connectivity index (χ0v) is 11.0. The number of aryl methyl sites for hydroxylation is 2. The fourth-order valence-electron chi connectivity index (χ4n) is 2.49. The number of pyridine rings is 1. The minimum Gasteiger partial charge on any atom is -0.376 e.